The number of amides is 2. The lowest BCUT2D eigenvalue weighted by Gasteiger charge is -2.22. The van der Waals surface area contributed by atoms with E-state index in [9.17, 15) is 9.59 Å². The number of carboxylic acids is 1. The van der Waals surface area contributed by atoms with Crippen LogP contribution in [0.15, 0.2) is 16.6 Å². The maximum Gasteiger partial charge on any atom is 0.322 e. The molecule has 2 amide bonds. The number of nitrogens with one attached hydrogen (secondary N) is 1. The van der Waals surface area contributed by atoms with Crippen LogP contribution in [0.25, 0.3) is 0 Å². The number of carbonyl (C=O) groups excluding carboxylic acids is 1. The van der Waals surface area contributed by atoms with Crippen LogP contribution in [0.1, 0.15) is 30.4 Å². The van der Waals surface area contributed by atoms with Crippen LogP contribution < -0.4 is 5.32 Å². The molecule has 114 valence electrons. The second-order valence-corrected chi connectivity index (χ2v) is 6.22. The van der Waals surface area contributed by atoms with Gasteiger partial charge in [-0.05, 0) is 49.9 Å². The van der Waals surface area contributed by atoms with Crippen molar-refractivity contribution in [1.29, 1.82) is 0 Å². The first-order chi connectivity index (χ1) is 9.88. The molecular formula is C15H19BrN2O3. The van der Waals surface area contributed by atoms with Crippen LogP contribution in [0.4, 0.5) is 10.5 Å². The fourth-order valence-corrected chi connectivity index (χ4v) is 2.49. The molecule has 0 aromatic heterocycles. The van der Waals surface area contributed by atoms with Crippen molar-refractivity contribution < 1.29 is 14.7 Å². The van der Waals surface area contributed by atoms with Crippen molar-refractivity contribution >= 4 is 33.6 Å². The van der Waals surface area contributed by atoms with Gasteiger partial charge in [0, 0.05) is 22.7 Å². The van der Waals surface area contributed by atoms with Gasteiger partial charge in [-0.3, -0.25) is 4.79 Å². The predicted octanol–water partition coefficient (Wildman–Crippen LogP) is 3.54. The van der Waals surface area contributed by atoms with Gasteiger partial charge in [-0.15, -0.1) is 0 Å². The summed E-state index contributed by atoms with van der Waals surface area (Å²) in [5, 5.41) is 11.6. The Labute approximate surface area is 132 Å². The smallest absolute Gasteiger partial charge is 0.322 e. The number of nitrogens with zero attached hydrogens (tertiary/aromatic N) is 1. The zero-order valence-electron chi connectivity index (χ0n) is 12.1. The average molecular weight is 355 g/mol. The van der Waals surface area contributed by atoms with Gasteiger partial charge in [-0.1, -0.05) is 15.9 Å². The summed E-state index contributed by atoms with van der Waals surface area (Å²) >= 11 is 3.49. The number of carbonyl (C=O) groups is 2. The molecule has 0 radical (unpaired) electrons. The molecule has 0 bridgehead atoms. The molecule has 1 aliphatic rings. The van der Waals surface area contributed by atoms with E-state index in [0.717, 1.165) is 34.1 Å². The lowest BCUT2D eigenvalue weighted by molar-refractivity contribution is -0.137. The number of aliphatic carboxylic acids is 1. The van der Waals surface area contributed by atoms with E-state index in [4.69, 9.17) is 5.11 Å². The number of aryl methyl sites for hydroxylation is 2. The van der Waals surface area contributed by atoms with Crippen LogP contribution in [-0.4, -0.2) is 34.6 Å². The molecule has 0 saturated heterocycles. The average Bonchev–Trinajstić information content (AvgIpc) is 3.20. The summed E-state index contributed by atoms with van der Waals surface area (Å²) in [6.45, 7) is 4.19. The Morgan fingerprint density at radius 3 is 2.38 bits per heavy atom. The van der Waals surface area contributed by atoms with Gasteiger partial charge >= 0.3 is 12.0 Å². The quantitative estimate of drug-likeness (QED) is 0.849. The highest BCUT2D eigenvalue weighted by atomic mass is 79.9. The van der Waals surface area contributed by atoms with Crippen LogP contribution in [0.5, 0.6) is 0 Å². The minimum Gasteiger partial charge on any atom is -0.481 e. The molecule has 0 unspecified atom stereocenters. The molecule has 0 heterocycles. The fraction of sp³-hybridized carbons (Fsp3) is 0.467. The summed E-state index contributed by atoms with van der Waals surface area (Å²) in [6, 6.07) is 3.76. The maximum atomic E-state index is 12.3. The van der Waals surface area contributed by atoms with Crippen molar-refractivity contribution in [1.82, 2.24) is 4.90 Å². The first-order valence-corrected chi connectivity index (χ1v) is 7.74. The van der Waals surface area contributed by atoms with Crippen molar-refractivity contribution in [2.45, 2.75) is 39.2 Å². The van der Waals surface area contributed by atoms with Crippen LogP contribution in [0.2, 0.25) is 0 Å². The van der Waals surface area contributed by atoms with Crippen molar-refractivity contribution in [2.75, 3.05) is 11.9 Å². The third-order valence-electron chi connectivity index (χ3n) is 3.50. The second-order valence-electron chi connectivity index (χ2n) is 5.42. The van der Waals surface area contributed by atoms with Crippen LogP contribution >= 0.6 is 15.9 Å². The molecule has 2 rings (SSSR count). The molecule has 2 N–H and O–H groups in total. The Balaban J connectivity index is 2.06. The number of hydrogen-bond acceptors (Lipinski definition) is 2. The Kier molecular flexibility index (Phi) is 4.88. The molecular weight excluding hydrogens is 336 g/mol. The number of urea groups is 1. The van der Waals surface area contributed by atoms with Gasteiger partial charge in [0.25, 0.3) is 0 Å². The van der Waals surface area contributed by atoms with E-state index in [-0.39, 0.29) is 25.0 Å². The van der Waals surface area contributed by atoms with E-state index < -0.39 is 5.97 Å². The van der Waals surface area contributed by atoms with Crippen molar-refractivity contribution in [3.8, 4) is 0 Å². The SMILES string of the molecule is Cc1cc(NC(=O)N(CCC(=O)O)C2CC2)cc(C)c1Br. The summed E-state index contributed by atoms with van der Waals surface area (Å²) < 4.78 is 1.03. The van der Waals surface area contributed by atoms with Gasteiger partial charge in [0.05, 0.1) is 6.42 Å². The van der Waals surface area contributed by atoms with Crippen molar-refractivity contribution in [3.05, 3.63) is 27.7 Å². The number of hydrogen-bond donors (Lipinski definition) is 2. The molecule has 5 nitrogen and oxygen atoms in total. The van der Waals surface area contributed by atoms with Crippen LogP contribution in [0, 0.1) is 13.8 Å². The first-order valence-electron chi connectivity index (χ1n) is 6.94. The molecule has 21 heavy (non-hydrogen) atoms. The summed E-state index contributed by atoms with van der Waals surface area (Å²) in [5.41, 5.74) is 2.83. The molecule has 0 aliphatic heterocycles. The number of anilines is 1. The number of carboxylic acid groups (broad SMARTS) is 1. The van der Waals surface area contributed by atoms with Gasteiger partial charge in [0.1, 0.15) is 0 Å². The highest BCUT2D eigenvalue weighted by Gasteiger charge is 2.32. The molecule has 1 fully saturated rings. The van der Waals surface area contributed by atoms with Crippen molar-refractivity contribution in [3.63, 3.8) is 0 Å². The summed E-state index contributed by atoms with van der Waals surface area (Å²) in [7, 11) is 0. The normalized spacial score (nSPS) is 13.9. The van der Waals surface area contributed by atoms with Gasteiger partial charge in [0.15, 0.2) is 0 Å². The molecule has 0 spiro atoms. The molecule has 0 atom stereocenters. The zero-order chi connectivity index (χ0) is 15.6. The Morgan fingerprint density at radius 2 is 1.90 bits per heavy atom. The number of rotatable bonds is 5. The monoisotopic (exact) mass is 354 g/mol. The van der Waals surface area contributed by atoms with E-state index in [2.05, 4.69) is 21.2 Å². The Bertz CT molecular complexity index is 547. The lowest BCUT2D eigenvalue weighted by atomic mass is 10.1. The largest absolute Gasteiger partial charge is 0.481 e. The fourth-order valence-electron chi connectivity index (χ4n) is 2.27. The first kappa shape index (κ1) is 15.8. The minimum atomic E-state index is -0.885. The molecule has 1 aromatic rings. The molecule has 6 heteroatoms. The molecule has 1 aliphatic carbocycles. The summed E-state index contributed by atoms with van der Waals surface area (Å²) in [4.78, 5) is 24.6. The van der Waals surface area contributed by atoms with Gasteiger partial charge in [-0.25, -0.2) is 4.79 Å². The number of halogens is 1. The Morgan fingerprint density at radius 1 is 1.33 bits per heavy atom. The van der Waals surface area contributed by atoms with Crippen molar-refractivity contribution in [2.24, 2.45) is 0 Å². The lowest BCUT2D eigenvalue weighted by Crippen LogP contribution is -2.38. The second kappa shape index (κ2) is 6.47. The predicted molar refractivity (Wildman–Crippen MR) is 84.6 cm³/mol. The molecule has 1 saturated carbocycles. The summed E-state index contributed by atoms with van der Waals surface area (Å²) in [6.07, 6.45) is 1.87. The maximum absolute atomic E-state index is 12.3. The van der Waals surface area contributed by atoms with E-state index >= 15 is 0 Å². The van der Waals surface area contributed by atoms with Crippen LogP contribution in [0.3, 0.4) is 0 Å². The van der Waals surface area contributed by atoms with E-state index in [1.54, 1.807) is 4.90 Å². The minimum absolute atomic E-state index is 0.0255. The Hall–Kier alpha value is -1.56. The van der Waals surface area contributed by atoms with E-state index in [0.29, 0.717) is 0 Å². The molecule has 1 aromatic carbocycles. The van der Waals surface area contributed by atoms with Gasteiger partial charge < -0.3 is 15.3 Å². The van der Waals surface area contributed by atoms with Gasteiger partial charge in [-0.2, -0.15) is 0 Å². The third-order valence-corrected chi connectivity index (χ3v) is 4.75. The highest BCUT2D eigenvalue weighted by molar-refractivity contribution is 9.10. The van der Waals surface area contributed by atoms with E-state index in [1.807, 2.05) is 26.0 Å². The highest BCUT2D eigenvalue weighted by Crippen LogP contribution is 2.29. The van der Waals surface area contributed by atoms with E-state index in [1.165, 1.54) is 0 Å². The summed E-state index contributed by atoms with van der Waals surface area (Å²) in [5.74, 6) is -0.885. The van der Waals surface area contributed by atoms with Crippen LogP contribution in [-0.2, 0) is 4.79 Å². The van der Waals surface area contributed by atoms with Gasteiger partial charge in [0.2, 0.25) is 0 Å². The number of benzene rings is 1. The standard InChI is InChI=1S/C15H19BrN2O3/c1-9-7-11(8-10(2)14(9)16)17-15(21)18(12-3-4-12)6-5-13(19)20/h7-8,12H,3-6H2,1-2H3,(H,17,21)(H,19,20). The topological polar surface area (TPSA) is 69.6 Å². The zero-order valence-corrected chi connectivity index (χ0v) is 13.7. The third kappa shape index (κ3) is 4.20.